The van der Waals surface area contributed by atoms with Crippen LogP contribution in [-0.4, -0.2) is 0 Å². The van der Waals surface area contributed by atoms with Crippen molar-refractivity contribution in [2.45, 2.75) is 24.7 Å². The molecule has 8 aromatic carbocycles. The molecule has 3 aliphatic rings. The molecule has 1 heterocycles. The molecule has 0 radical (unpaired) electrons. The van der Waals surface area contributed by atoms with Gasteiger partial charge >= 0.3 is 0 Å². The van der Waals surface area contributed by atoms with Gasteiger partial charge in [0.25, 0.3) is 0 Å². The van der Waals surface area contributed by atoms with Gasteiger partial charge in [0.1, 0.15) is 11.5 Å². The molecular formula is C48H32O. The molecule has 0 aromatic heterocycles. The molecule has 49 heavy (non-hydrogen) atoms. The summed E-state index contributed by atoms with van der Waals surface area (Å²) in [4.78, 5) is 0. The Hall–Kier alpha value is -5.92. The fourth-order valence-corrected chi connectivity index (χ4v) is 9.55. The van der Waals surface area contributed by atoms with Crippen molar-refractivity contribution in [2.75, 3.05) is 0 Å². The van der Waals surface area contributed by atoms with Gasteiger partial charge in [-0.1, -0.05) is 141 Å². The normalized spacial score (nSPS) is 15.2. The van der Waals surface area contributed by atoms with E-state index in [0.717, 1.165) is 11.5 Å². The van der Waals surface area contributed by atoms with Gasteiger partial charge in [-0.15, -0.1) is 0 Å². The van der Waals surface area contributed by atoms with Crippen LogP contribution >= 0.6 is 0 Å². The summed E-state index contributed by atoms with van der Waals surface area (Å²) in [5, 5.41) is 5.05. The molecule has 1 heteroatoms. The zero-order valence-corrected chi connectivity index (χ0v) is 27.4. The van der Waals surface area contributed by atoms with E-state index in [2.05, 4.69) is 172 Å². The number of hydrogen-bond donors (Lipinski definition) is 0. The third-order valence-electron chi connectivity index (χ3n) is 11.7. The molecule has 2 aliphatic carbocycles. The second-order valence-corrected chi connectivity index (χ2v) is 14.4. The van der Waals surface area contributed by atoms with Crippen molar-refractivity contribution >= 4 is 21.5 Å². The summed E-state index contributed by atoms with van der Waals surface area (Å²) in [5.41, 5.74) is 14.9. The summed E-state index contributed by atoms with van der Waals surface area (Å²) in [6.07, 6.45) is 0. The summed E-state index contributed by atoms with van der Waals surface area (Å²) < 4.78 is 6.88. The van der Waals surface area contributed by atoms with Crippen LogP contribution < -0.4 is 4.74 Å². The summed E-state index contributed by atoms with van der Waals surface area (Å²) in [6, 6.07) is 58.6. The van der Waals surface area contributed by atoms with Crippen LogP contribution in [0, 0.1) is 0 Å². The molecule has 1 nitrogen and oxygen atoms in total. The zero-order valence-electron chi connectivity index (χ0n) is 27.4. The number of hydrogen-bond acceptors (Lipinski definition) is 1. The lowest BCUT2D eigenvalue weighted by molar-refractivity contribution is 0.437. The number of rotatable bonds is 1. The Balaban J connectivity index is 1.16. The van der Waals surface area contributed by atoms with Gasteiger partial charge in [0, 0.05) is 16.5 Å². The maximum absolute atomic E-state index is 6.88. The van der Waals surface area contributed by atoms with Crippen molar-refractivity contribution < 1.29 is 4.74 Å². The first kappa shape index (κ1) is 27.1. The molecule has 1 spiro atoms. The maximum atomic E-state index is 6.88. The second kappa shape index (κ2) is 9.36. The van der Waals surface area contributed by atoms with E-state index in [1.807, 2.05) is 0 Å². The van der Waals surface area contributed by atoms with Crippen LogP contribution in [0.5, 0.6) is 11.5 Å². The highest BCUT2D eigenvalue weighted by atomic mass is 16.5. The van der Waals surface area contributed by atoms with Crippen LogP contribution in [0.25, 0.3) is 54.9 Å². The molecule has 11 rings (SSSR count). The van der Waals surface area contributed by atoms with Gasteiger partial charge in [0.2, 0.25) is 0 Å². The van der Waals surface area contributed by atoms with E-state index in [0.29, 0.717) is 0 Å². The first-order chi connectivity index (χ1) is 24.0. The smallest absolute Gasteiger partial charge is 0.132 e. The van der Waals surface area contributed by atoms with Crippen LogP contribution in [0.1, 0.15) is 47.2 Å². The summed E-state index contributed by atoms with van der Waals surface area (Å²) in [7, 11) is 0. The predicted octanol–water partition coefficient (Wildman–Crippen LogP) is 12.4. The topological polar surface area (TPSA) is 9.23 Å². The molecular weight excluding hydrogens is 593 g/mol. The van der Waals surface area contributed by atoms with Gasteiger partial charge in [0.05, 0.1) is 5.41 Å². The fourth-order valence-electron chi connectivity index (χ4n) is 9.55. The molecule has 0 N–H and O–H groups in total. The van der Waals surface area contributed by atoms with E-state index in [9.17, 15) is 0 Å². The van der Waals surface area contributed by atoms with E-state index in [1.165, 1.54) is 88.3 Å². The lowest BCUT2D eigenvalue weighted by Gasteiger charge is -2.40. The minimum absolute atomic E-state index is 0.122. The molecule has 0 amide bonds. The molecule has 0 saturated heterocycles. The van der Waals surface area contributed by atoms with Gasteiger partial charge in [0.15, 0.2) is 0 Å². The van der Waals surface area contributed by atoms with Crippen molar-refractivity contribution in [1.82, 2.24) is 0 Å². The van der Waals surface area contributed by atoms with Crippen molar-refractivity contribution in [3.8, 4) is 44.9 Å². The Morgan fingerprint density at radius 3 is 1.69 bits per heavy atom. The lowest BCUT2D eigenvalue weighted by Crippen LogP contribution is -2.32. The number of ether oxygens (including phenoxy) is 1. The van der Waals surface area contributed by atoms with E-state index in [-0.39, 0.29) is 5.41 Å². The molecule has 230 valence electrons. The van der Waals surface area contributed by atoms with Crippen LogP contribution in [0.15, 0.2) is 158 Å². The van der Waals surface area contributed by atoms with Crippen LogP contribution in [-0.2, 0) is 10.8 Å². The van der Waals surface area contributed by atoms with E-state index in [1.54, 1.807) is 0 Å². The standard InChI is InChI=1S/C48H32O/c1-47(2)41-25-32(20-22-37(41)38-23-19-29-11-5-6-14-34(29)46(38)47)33-21-24-44-42(27-33)48(43-26-30-12-3-4-13-31(30)28-45(43)49-44)39-17-9-7-15-35(39)36-16-8-10-18-40(36)48/h3-28H,1-2H3. The summed E-state index contributed by atoms with van der Waals surface area (Å²) in [6.45, 7) is 4.77. The highest BCUT2D eigenvalue weighted by molar-refractivity contribution is 5.98. The molecule has 1 aliphatic heterocycles. The Kier molecular flexibility index (Phi) is 5.17. The Morgan fingerprint density at radius 2 is 0.939 bits per heavy atom. The van der Waals surface area contributed by atoms with Crippen LogP contribution in [0.2, 0.25) is 0 Å². The van der Waals surface area contributed by atoms with Gasteiger partial charge in [-0.05, 0) is 108 Å². The van der Waals surface area contributed by atoms with Crippen LogP contribution in [0.4, 0.5) is 0 Å². The van der Waals surface area contributed by atoms with Gasteiger partial charge in [-0.3, -0.25) is 0 Å². The molecule has 0 unspecified atom stereocenters. The third kappa shape index (κ3) is 3.40. The SMILES string of the molecule is CC1(C)c2cc(-c3ccc4c(c3)C3(c5cc6ccccc6cc5O4)c4ccccc4-c4ccccc43)ccc2-c2ccc3ccccc3c21. The molecule has 0 atom stereocenters. The summed E-state index contributed by atoms with van der Waals surface area (Å²) in [5.74, 6) is 1.84. The third-order valence-corrected chi connectivity index (χ3v) is 11.7. The molecule has 8 aromatic rings. The van der Waals surface area contributed by atoms with E-state index >= 15 is 0 Å². The number of fused-ring (bicyclic) bond motifs is 15. The molecule has 0 bridgehead atoms. The average molecular weight is 625 g/mol. The van der Waals surface area contributed by atoms with E-state index < -0.39 is 5.41 Å². The monoisotopic (exact) mass is 624 g/mol. The predicted molar refractivity (Wildman–Crippen MR) is 202 cm³/mol. The highest BCUT2D eigenvalue weighted by Crippen LogP contribution is 2.63. The average Bonchev–Trinajstić information content (AvgIpc) is 3.57. The minimum atomic E-state index is -0.513. The van der Waals surface area contributed by atoms with Crippen molar-refractivity contribution in [1.29, 1.82) is 0 Å². The second-order valence-electron chi connectivity index (χ2n) is 14.4. The zero-order chi connectivity index (χ0) is 32.5. The fraction of sp³-hybridized carbons (Fsp3) is 0.0833. The van der Waals surface area contributed by atoms with Gasteiger partial charge < -0.3 is 4.74 Å². The van der Waals surface area contributed by atoms with Crippen molar-refractivity contribution in [3.63, 3.8) is 0 Å². The lowest BCUT2D eigenvalue weighted by atomic mass is 9.65. The van der Waals surface area contributed by atoms with E-state index in [4.69, 9.17) is 4.74 Å². The van der Waals surface area contributed by atoms with Crippen molar-refractivity contribution in [2.24, 2.45) is 0 Å². The number of benzene rings is 8. The minimum Gasteiger partial charge on any atom is -0.457 e. The van der Waals surface area contributed by atoms with Gasteiger partial charge in [-0.2, -0.15) is 0 Å². The summed E-state index contributed by atoms with van der Waals surface area (Å²) >= 11 is 0. The Bertz CT molecular complexity index is 2680. The Labute approximate surface area is 286 Å². The first-order valence-electron chi connectivity index (χ1n) is 17.3. The van der Waals surface area contributed by atoms with Crippen molar-refractivity contribution in [3.05, 3.63) is 191 Å². The van der Waals surface area contributed by atoms with Gasteiger partial charge in [-0.25, -0.2) is 0 Å². The molecule has 0 saturated carbocycles. The van der Waals surface area contributed by atoms with Crippen LogP contribution in [0.3, 0.4) is 0 Å². The quantitative estimate of drug-likeness (QED) is 0.177. The maximum Gasteiger partial charge on any atom is 0.132 e. The largest absolute Gasteiger partial charge is 0.457 e. The Morgan fingerprint density at radius 1 is 0.388 bits per heavy atom. The molecule has 0 fully saturated rings. The first-order valence-corrected chi connectivity index (χ1v) is 17.3. The highest BCUT2D eigenvalue weighted by Gasteiger charge is 2.51.